The largest absolute Gasteiger partial charge is 0.497 e. The average molecular weight is 288 g/mol. The minimum absolute atomic E-state index is 0.0212. The lowest BCUT2D eigenvalue weighted by Crippen LogP contribution is -2.46. The zero-order valence-electron chi connectivity index (χ0n) is 12.7. The van der Waals surface area contributed by atoms with Gasteiger partial charge in [0.15, 0.2) is 0 Å². The smallest absolute Gasteiger partial charge is 0.128 e. The number of benzene rings is 1. The number of methoxy groups -OCH3 is 1. The number of likely N-dealkylation sites (tertiary alicyclic amines) is 1. The van der Waals surface area contributed by atoms with Crippen LogP contribution in [0.5, 0.6) is 11.5 Å². The maximum absolute atomic E-state index is 6.44. The quantitative estimate of drug-likeness (QED) is 0.906. The number of fused-ring (bicyclic) bond motifs is 1. The fourth-order valence-corrected chi connectivity index (χ4v) is 4.10. The molecular formula is C17H24N2O2. The van der Waals surface area contributed by atoms with E-state index in [1.54, 1.807) is 7.11 Å². The van der Waals surface area contributed by atoms with E-state index in [0.29, 0.717) is 6.04 Å². The van der Waals surface area contributed by atoms with Crippen LogP contribution in [0.4, 0.5) is 0 Å². The van der Waals surface area contributed by atoms with Gasteiger partial charge in [0.25, 0.3) is 0 Å². The van der Waals surface area contributed by atoms with Crippen molar-refractivity contribution in [2.45, 2.75) is 37.3 Å². The fraction of sp³-hybridized carbons (Fsp3) is 0.647. The minimum atomic E-state index is -0.0212. The van der Waals surface area contributed by atoms with Crippen molar-refractivity contribution in [2.75, 3.05) is 33.3 Å². The highest BCUT2D eigenvalue weighted by Gasteiger charge is 2.45. The predicted molar refractivity (Wildman–Crippen MR) is 82.0 cm³/mol. The van der Waals surface area contributed by atoms with Gasteiger partial charge in [0.2, 0.25) is 0 Å². The number of ether oxygens (including phenoxy) is 2. The minimum Gasteiger partial charge on any atom is -0.497 e. The summed E-state index contributed by atoms with van der Waals surface area (Å²) in [6, 6.07) is 6.84. The van der Waals surface area contributed by atoms with Crippen LogP contribution in [0.3, 0.4) is 0 Å². The molecule has 2 saturated heterocycles. The molecule has 2 fully saturated rings. The lowest BCUT2D eigenvalue weighted by Gasteiger charge is -2.42. The first-order valence-corrected chi connectivity index (χ1v) is 8.11. The highest BCUT2D eigenvalue weighted by atomic mass is 16.5. The van der Waals surface area contributed by atoms with Crippen molar-refractivity contribution in [3.63, 3.8) is 0 Å². The third-order valence-electron chi connectivity index (χ3n) is 5.26. The highest BCUT2D eigenvalue weighted by molar-refractivity contribution is 5.45. The Labute approximate surface area is 126 Å². The van der Waals surface area contributed by atoms with Crippen molar-refractivity contribution in [1.82, 2.24) is 10.2 Å². The molecule has 0 bridgehead atoms. The second-order valence-corrected chi connectivity index (χ2v) is 6.58. The number of hydrogen-bond acceptors (Lipinski definition) is 4. The van der Waals surface area contributed by atoms with Gasteiger partial charge in [-0.2, -0.15) is 0 Å². The van der Waals surface area contributed by atoms with Gasteiger partial charge in [0.1, 0.15) is 17.1 Å². The van der Waals surface area contributed by atoms with E-state index < -0.39 is 0 Å². The predicted octanol–water partition coefficient (Wildman–Crippen LogP) is 2.35. The summed E-state index contributed by atoms with van der Waals surface area (Å²) in [5.74, 6) is 1.91. The first-order valence-electron chi connectivity index (χ1n) is 8.11. The third-order valence-corrected chi connectivity index (χ3v) is 5.26. The van der Waals surface area contributed by atoms with E-state index in [0.717, 1.165) is 37.4 Å². The molecule has 4 nitrogen and oxygen atoms in total. The van der Waals surface area contributed by atoms with Crippen molar-refractivity contribution >= 4 is 0 Å². The van der Waals surface area contributed by atoms with Gasteiger partial charge in [-0.1, -0.05) is 6.07 Å². The molecule has 1 aromatic rings. The van der Waals surface area contributed by atoms with E-state index in [9.17, 15) is 0 Å². The Balaban J connectivity index is 1.72. The molecule has 2 atom stereocenters. The summed E-state index contributed by atoms with van der Waals surface area (Å²) in [5.41, 5.74) is 1.32. The van der Waals surface area contributed by atoms with Crippen LogP contribution in [0.2, 0.25) is 0 Å². The molecule has 3 heterocycles. The first-order chi connectivity index (χ1) is 10.3. The molecule has 2 unspecified atom stereocenters. The molecule has 114 valence electrons. The molecule has 0 saturated carbocycles. The van der Waals surface area contributed by atoms with Gasteiger partial charge in [0.05, 0.1) is 7.11 Å². The molecule has 0 amide bonds. The summed E-state index contributed by atoms with van der Waals surface area (Å²) in [6.07, 6.45) is 4.87. The normalized spacial score (nSPS) is 32.1. The molecule has 1 N–H and O–H groups in total. The van der Waals surface area contributed by atoms with Crippen molar-refractivity contribution in [1.29, 1.82) is 0 Å². The molecule has 21 heavy (non-hydrogen) atoms. The van der Waals surface area contributed by atoms with Crippen LogP contribution in [0.15, 0.2) is 18.2 Å². The number of rotatable bonds is 2. The highest BCUT2D eigenvalue weighted by Crippen LogP contribution is 2.46. The molecule has 0 aliphatic carbocycles. The number of nitrogens with zero attached hydrogens (tertiary/aromatic N) is 1. The molecule has 0 aromatic heterocycles. The molecular weight excluding hydrogens is 264 g/mol. The zero-order chi connectivity index (χ0) is 14.3. The van der Waals surface area contributed by atoms with Crippen LogP contribution in [0.25, 0.3) is 0 Å². The Morgan fingerprint density at radius 3 is 2.90 bits per heavy atom. The van der Waals surface area contributed by atoms with E-state index in [-0.39, 0.29) is 5.60 Å². The number of hydrogen-bond donors (Lipinski definition) is 1. The Hall–Kier alpha value is -1.26. The summed E-state index contributed by atoms with van der Waals surface area (Å²) in [6.45, 7) is 4.47. The van der Waals surface area contributed by atoms with Crippen molar-refractivity contribution in [3.8, 4) is 11.5 Å². The zero-order valence-corrected chi connectivity index (χ0v) is 12.7. The summed E-state index contributed by atoms with van der Waals surface area (Å²) >= 11 is 0. The molecule has 1 spiro atoms. The van der Waals surface area contributed by atoms with Crippen molar-refractivity contribution in [3.05, 3.63) is 23.8 Å². The topological polar surface area (TPSA) is 33.7 Å². The van der Waals surface area contributed by atoms with Crippen LogP contribution >= 0.6 is 0 Å². The summed E-state index contributed by atoms with van der Waals surface area (Å²) in [7, 11) is 1.72. The monoisotopic (exact) mass is 288 g/mol. The number of nitrogens with one attached hydrogen (secondary N) is 1. The van der Waals surface area contributed by atoms with E-state index in [1.807, 2.05) is 0 Å². The Morgan fingerprint density at radius 1 is 1.33 bits per heavy atom. The van der Waals surface area contributed by atoms with Crippen LogP contribution in [0, 0.1) is 0 Å². The summed E-state index contributed by atoms with van der Waals surface area (Å²) in [5, 5.41) is 3.48. The molecule has 3 aliphatic rings. The van der Waals surface area contributed by atoms with Crippen LogP contribution in [-0.4, -0.2) is 43.8 Å². The van der Waals surface area contributed by atoms with Gasteiger partial charge < -0.3 is 14.8 Å². The van der Waals surface area contributed by atoms with E-state index in [1.165, 1.54) is 31.5 Å². The van der Waals surface area contributed by atoms with E-state index >= 15 is 0 Å². The third kappa shape index (κ3) is 2.30. The van der Waals surface area contributed by atoms with Crippen LogP contribution in [0.1, 0.15) is 37.3 Å². The van der Waals surface area contributed by atoms with Gasteiger partial charge in [-0.25, -0.2) is 0 Å². The van der Waals surface area contributed by atoms with Crippen LogP contribution in [-0.2, 0) is 0 Å². The molecule has 4 heteroatoms. The van der Waals surface area contributed by atoms with Gasteiger partial charge in [-0.3, -0.25) is 4.90 Å². The van der Waals surface area contributed by atoms with Gasteiger partial charge in [-0.15, -0.1) is 0 Å². The fourth-order valence-electron chi connectivity index (χ4n) is 4.10. The second-order valence-electron chi connectivity index (χ2n) is 6.58. The van der Waals surface area contributed by atoms with Crippen molar-refractivity contribution in [2.24, 2.45) is 0 Å². The van der Waals surface area contributed by atoms with Crippen LogP contribution < -0.4 is 14.8 Å². The SMILES string of the molecule is COc1ccc2c(c1)OC1(CCNC1)CC2N1CCCC1. The summed E-state index contributed by atoms with van der Waals surface area (Å²) < 4.78 is 11.8. The maximum atomic E-state index is 6.44. The Bertz CT molecular complexity index is 520. The van der Waals surface area contributed by atoms with Gasteiger partial charge in [0, 0.05) is 37.1 Å². The summed E-state index contributed by atoms with van der Waals surface area (Å²) in [4.78, 5) is 2.65. The van der Waals surface area contributed by atoms with Gasteiger partial charge >= 0.3 is 0 Å². The lowest BCUT2D eigenvalue weighted by molar-refractivity contribution is 0.0226. The van der Waals surface area contributed by atoms with E-state index in [4.69, 9.17) is 9.47 Å². The standard InChI is InChI=1S/C17H24N2O2/c1-20-13-4-5-14-15(19-8-2-3-9-19)11-17(6-7-18-12-17)21-16(14)10-13/h4-5,10,15,18H,2-3,6-9,11-12H2,1H3. The molecule has 0 radical (unpaired) electrons. The first kappa shape index (κ1) is 13.4. The second kappa shape index (κ2) is 5.18. The van der Waals surface area contributed by atoms with Gasteiger partial charge in [-0.05, 0) is 38.5 Å². The lowest BCUT2D eigenvalue weighted by atomic mass is 9.85. The Morgan fingerprint density at radius 2 is 2.19 bits per heavy atom. The molecule has 4 rings (SSSR count). The maximum Gasteiger partial charge on any atom is 0.128 e. The Kier molecular flexibility index (Phi) is 3.31. The average Bonchev–Trinajstić information content (AvgIpc) is 3.18. The van der Waals surface area contributed by atoms with E-state index in [2.05, 4.69) is 28.4 Å². The van der Waals surface area contributed by atoms with Crippen molar-refractivity contribution < 1.29 is 9.47 Å². The molecule has 3 aliphatic heterocycles. The molecule has 1 aromatic carbocycles.